The molecule has 0 unspecified atom stereocenters. The minimum Gasteiger partial charge on any atom is -0.496 e. The summed E-state index contributed by atoms with van der Waals surface area (Å²) in [5.74, 6) is -0.209. The van der Waals surface area contributed by atoms with Gasteiger partial charge in [0.2, 0.25) is 0 Å². The van der Waals surface area contributed by atoms with E-state index in [2.05, 4.69) is 42.8 Å². The number of amides is 1. The Labute approximate surface area is 171 Å². The molecule has 1 aromatic carbocycles. The van der Waals surface area contributed by atoms with Crippen molar-refractivity contribution in [3.05, 3.63) is 40.2 Å². The van der Waals surface area contributed by atoms with Gasteiger partial charge in [0.05, 0.1) is 17.6 Å². The summed E-state index contributed by atoms with van der Waals surface area (Å²) < 4.78 is 31.7. The fourth-order valence-corrected chi connectivity index (χ4v) is 4.26. The Kier molecular flexibility index (Phi) is 6.88. The molecule has 0 aliphatic rings. The largest absolute Gasteiger partial charge is 0.496 e. The highest BCUT2D eigenvalue weighted by Gasteiger charge is 2.19. The maximum absolute atomic E-state index is 12.9. The van der Waals surface area contributed by atoms with Gasteiger partial charge in [-0.05, 0) is 63.3 Å². The molecule has 0 atom stereocenters. The van der Waals surface area contributed by atoms with Crippen LogP contribution in [0.3, 0.4) is 0 Å². The first-order valence-corrected chi connectivity index (χ1v) is 11.8. The number of hydrogen-bond donors (Lipinski definition) is 0. The highest BCUT2D eigenvalue weighted by molar-refractivity contribution is 7.90. The first kappa shape index (κ1) is 22.4. The third kappa shape index (κ3) is 5.32. The highest BCUT2D eigenvalue weighted by Crippen LogP contribution is 2.24. The predicted octanol–water partition coefficient (Wildman–Crippen LogP) is 3.80. The number of ether oxygens (including phenoxy) is 1. The van der Waals surface area contributed by atoms with Gasteiger partial charge in [-0.3, -0.25) is 8.75 Å². The van der Waals surface area contributed by atoms with E-state index in [0.29, 0.717) is 10.4 Å². The van der Waals surface area contributed by atoms with Crippen molar-refractivity contribution in [2.45, 2.75) is 57.4 Å². The predicted molar refractivity (Wildman–Crippen MR) is 112 cm³/mol. The summed E-state index contributed by atoms with van der Waals surface area (Å²) in [6.45, 7) is 8.40. The van der Waals surface area contributed by atoms with Crippen LogP contribution in [-0.2, 0) is 21.8 Å². The van der Waals surface area contributed by atoms with Gasteiger partial charge in [0, 0.05) is 23.6 Å². The zero-order chi connectivity index (χ0) is 21.1. The number of carbonyl (C=O) groups excluding carboxylic acids is 1. The molecule has 0 spiro atoms. The second-order valence-electron chi connectivity index (χ2n) is 7.70. The number of rotatable bonds is 6. The molecule has 2 rings (SSSR count). The van der Waals surface area contributed by atoms with Crippen LogP contribution < -0.4 is 9.41 Å². The van der Waals surface area contributed by atoms with Crippen LogP contribution in [0, 0.1) is 0 Å². The standard InChI is InChI=1S/C20H28N2O4S2/c1-7-8-9-14-13-22(20(2,3)4)27-19(14)21-18(23)16-12-15(28(6,24)25)10-11-17(16)26-5/h10-13H,7-9H2,1-6H3. The van der Waals surface area contributed by atoms with Crippen molar-refractivity contribution in [1.29, 1.82) is 0 Å². The van der Waals surface area contributed by atoms with Crippen molar-refractivity contribution in [3.8, 4) is 5.75 Å². The lowest BCUT2D eigenvalue weighted by atomic mass is 10.1. The van der Waals surface area contributed by atoms with E-state index in [4.69, 9.17) is 4.74 Å². The Hall–Kier alpha value is -1.93. The smallest absolute Gasteiger partial charge is 0.282 e. The third-order valence-corrected chi connectivity index (χ3v) is 6.71. The van der Waals surface area contributed by atoms with Crippen molar-refractivity contribution < 1.29 is 17.9 Å². The fraction of sp³-hybridized carbons (Fsp3) is 0.500. The molecule has 0 saturated carbocycles. The van der Waals surface area contributed by atoms with Gasteiger partial charge >= 0.3 is 0 Å². The van der Waals surface area contributed by atoms with Crippen LogP contribution in [0.25, 0.3) is 0 Å². The van der Waals surface area contributed by atoms with Crippen molar-refractivity contribution >= 4 is 27.3 Å². The monoisotopic (exact) mass is 424 g/mol. The number of unbranched alkanes of at least 4 members (excludes halogenated alkanes) is 1. The quantitative estimate of drug-likeness (QED) is 0.707. The second kappa shape index (κ2) is 8.61. The van der Waals surface area contributed by atoms with Gasteiger partial charge in [-0.15, -0.1) is 0 Å². The van der Waals surface area contributed by atoms with Crippen LogP contribution in [0.2, 0.25) is 0 Å². The van der Waals surface area contributed by atoms with Crippen LogP contribution in [0.1, 0.15) is 56.5 Å². The van der Waals surface area contributed by atoms with Gasteiger partial charge in [0.25, 0.3) is 5.91 Å². The Morgan fingerprint density at radius 1 is 1.29 bits per heavy atom. The molecule has 0 aliphatic heterocycles. The summed E-state index contributed by atoms with van der Waals surface area (Å²) in [5, 5.41) is 0. The summed E-state index contributed by atoms with van der Waals surface area (Å²) >= 11 is 1.43. The molecule has 1 heterocycles. The van der Waals surface area contributed by atoms with Crippen LogP contribution in [-0.4, -0.2) is 31.6 Å². The fourth-order valence-electron chi connectivity index (χ4n) is 2.57. The summed E-state index contributed by atoms with van der Waals surface area (Å²) in [6.07, 6.45) is 6.04. The number of hydrogen-bond acceptors (Lipinski definition) is 5. The van der Waals surface area contributed by atoms with Gasteiger partial charge in [0.1, 0.15) is 10.4 Å². The van der Waals surface area contributed by atoms with E-state index in [1.54, 1.807) is 0 Å². The van der Waals surface area contributed by atoms with Crippen LogP contribution >= 0.6 is 11.5 Å². The molecule has 0 N–H and O–H groups in total. The number of nitrogens with zero attached hydrogens (tertiary/aromatic N) is 2. The number of aryl methyl sites for hydroxylation is 1. The van der Waals surface area contributed by atoms with Crippen LogP contribution in [0.4, 0.5) is 0 Å². The number of carbonyl (C=O) groups is 1. The molecule has 1 aromatic heterocycles. The van der Waals surface area contributed by atoms with Crippen molar-refractivity contribution in [2.75, 3.05) is 13.4 Å². The number of sulfone groups is 1. The van der Waals surface area contributed by atoms with Gasteiger partial charge in [-0.1, -0.05) is 13.3 Å². The molecule has 8 heteroatoms. The summed E-state index contributed by atoms with van der Waals surface area (Å²) in [6, 6.07) is 4.24. The molecule has 0 fully saturated rings. The van der Waals surface area contributed by atoms with Crippen LogP contribution in [0.5, 0.6) is 5.75 Å². The van der Waals surface area contributed by atoms with E-state index in [1.807, 2.05) is 0 Å². The van der Waals surface area contributed by atoms with Crippen molar-refractivity contribution in [2.24, 2.45) is 4.99 Å². The van der Waals surface area contributed by atoms with Crippen molar-refractivity contribution in [1.82, 2.24) is 3.96 Å². The second-order valence-corrected chi connectivity index (χ2v) is 10.7. The number of benzene rings is 1. The SMILES string of the molecule is CCCCc1cn(C(C)(C)C)sc1=NC(=O)c1cc(S(C)(=O)=O)ccc1OC. The van der Waals surface area contributed by atoms with E-state index in [-0.39, 0.29) is 16.0 Å². The molecular weight excluding hydrogens is 396 g/mol. The average Bonchev–Trinajstić information content (AvgIpc) is 3.01. The Morgan fingerprint density at radius 3 is 2.50 bits per heavy atom. The first-order valence-electron chi connectivity index (χ1n) is 9.17. The minimum absolute atomic E-state index is 0.0639. The van der Waals surface area contributed by atoms with E-state index in [0.717, 1.165) is 31.1 Å². The average molecular weight is 425 g/mol. The lowest BCUT2D eigenvalue weighted by Gasteiger charge is -2.19. The van der Waals surface area contributed by atoms with E-state index < -0.39 is 15.7 Å². The normalized spacial score (nSPS) is 13.0. The molecule has 2 aromatic rings. The molecular formula is C20H28N2O4S2. The van der Waals surface area contributed by atoms with Crippen LogP contribution in [0.15, 0.2) is 34.3 Å². The molecule has 6 nitrogen and oxygen atoms in total. The lowest BCUT2D eigenvalue weighted by Crippen LogP contribution is -2.18. The van der Waals surface area contributed by atoms with E-state index in [9.17, 15) is 13.2 Å². The summed E-state index contributed by atoms with van der Waals surface area (Å²) in [7, 11) is -2.00. The molecule has 0 saturated heterocycles. The third-order valence-electron chi connectivity index (χ3n) is 4.23. The zero-order valence-electron chi connectivity index (χ0n) is 17.3. The maximum Gasteiger partial charge on any atom is 0.282 e. The summed E-state index contributed by atoms with van der Waals surface area (Å²) in [5.41, 5.74) is 1.05. The number of aromatic nitrogens is 1. The van der Waals surface area contributed by atoms with Gasteiger partial charge < -0.3 is 4.74 Å². The zero-order valence-corrected chi connectivity index (χ0v) is 18.9. The van der Waals surface area contributed by atoms with E-state index >= 15 is 0 Å². The summed E-state index contributed by atoms with van der Waals surface area (Å²) in [4.78, 5) is 17.3. The molecule has 0 bridgehead atoms. The van der Waals surface area contributed by atoms with Gasteiger partial charge in [0.15, 0.2) is 9.84 Å². The topological polar surface area (TPSA) is 77.7 Å². The number of methoxy groups -OCH3 is 1. The molecule has 0 aliphatic carbocycles. The lowest BCUT2D eigenvalue weighted by molar-refractivity contribution is 0.0995. The molecule has 1 amide bonds. The van der Waals surface area contributed by atoms with E-state index in [1.165, 1.54) is 36.8 Å². The Morgan fingerprint density at radius 2 is 1.96 bits per heavy atom. The first-order chi connectivity index (χ1) is 13.0. The Bertz CT molecular complexity index is 1030. The maximum atomic E-state index is 12.9. The van der Waals surface area contributed by atoms with Gasteiger partial charge in [-0.2, -0.15) is 4.99 Å². The molecule has 0 radical (unpaired) electrons. The highest BCUT2D eigenvalue weighted by atomic mass is 32.2. The minimum atomic E-state index is -3.44. The molecule has 154 valence electrons. The molecule has 28 heavy (non-hydrogen) atoms. The Balaban J connectivity index is 2.59. The van der Waals surface area contributed by atoms with Crippen molar-refractivity contribution in [3.63, 3.8) is 0 Å². The van der Waals surface area contributed by atoms with Gasteiger partial charge in [-0.25, -0.2) is 8.42 Å².